The molecule has 0 aliphatic carbocycles. The highest BCUT2D eigenvalue weighted by molar-refractivity contribution is 5.75. The van der Waals surface area contributed by atoms with Crippen molar-refractivity contribution < 1.29 is 4.79 Å². The zero-order valence-electron chi connectivity index (χ0n) is 10.7. The van der Waals surface area contributed by atoms with Crippen molar-refractivity contribution in [3.63, 3.8) is 0 Å². The zero-order valence-corrected chi connectivity index (χ0v) is 10.7. The van der Waals surface area contributed by atoms with Gasteiger partial charge in [0.1, 0.15) is 0 Å². The van der Waals surface area contributed by atoms with Gasteiger partial charge < -0.3 is 11.1 Å². The fourth-order valence-electron chi connectivity index (χ4n) is 1.59. The van der Waals surface area contributed by atoms with Crippen LogP contribution in [0.3, 0.4) is 0 Å². The van der Waals surface area contributed by atoms with Gasteiger partial charge in [-0.2, -0.15) is 0 Å². The van der Waals surface area contributed by atoms with Crippen LogP contribution in [0.5, 0.6) is 0 Å². The van der Waals surface area contributed by atoms with Crippen LogP contribution >= 0.6 is 0 Å². The number of hydrogen-bond acceptors (Lipinski definition) is 2. The number of nitrogens with one attached hydrogen (secondary N) is 1. The molecule has 1 unspecified atom stereocenters. The summed E-state index contributed by atoms with van der Waals surface area (Å²) in [6, 6.07) is 8.09. The van der Waals surface area contributed by atoms with Crippen LogP contribution in [0.2, 0.25) is 0 Å². The number of aryl methyl sites for hydroxylation is 1. The summed E-state index contributed by atoms with van der Waals surface area (Å²) in [5.74, 6) is 0.521. The predicted octanol–water partition coefficient (Wildman–Crippen LogP) is 1.99. The summed E-state index contributed by atoms with van der Waals surface area (Å²) < 4.78 is 0. The van der Waals surface area contributed by atoms with Gasteiger partial charge in [0.15, 0.2) is 0 Å². The second-order valence-corrected chi connectivity index (χ2v) is 4.58. The Morgan fingerprint density at radius 1 is 1.41 bits per heavy atom. The first-order valence-corrected chi connectivity index (χ1v) is 6.14. The monoisotopic (exact) mass is 234 g/mol. The van der Waals surface area contributed by atoms with Gasteiger partial charge >= 0.3 is 0 Å². The summed E-state index contributed by atoms with van der Waals surface area (Å²) in [6.45, 7) is 5.38. The maximum atomic E-state index is 11.6. The molecule has 0 spiro atoms. The molecule has 0 radical (unpaired) electrons. The van der Waals surface area contributed by atoms with Crippen LogP contribution < -0.4 is 11.1 Å². The quantitative estimate of drug-likeness (QED) is 0.791. The number of amides is 1. The summed E-state index contributed by atoms with van der Waals surface area (Å²) in [7, 11) is 0. The Bertz CT molecular complexity index is 363. The molecule has 1 atom stereocenters. The predicted molar refractivity (Wildman–Crippen MR) is 70.5 cm³/mol. The summed E-state index contributed by atoms with van der Waals surface area (Å²) in [4.78, 5) is 11.6. The molecule has 1 amide bonds. The Balaban J connectivity index is 2.31. The second kappa shape index (κ2) is 7.07. The van der Waals surface area contributed by atoms with Gasteiger partial charge in [0.05, 0.1) is 0 Å². The van der Waals surface area contributed by atoms with E-state index in [9.17, 15) is 4.79 Å². The zero-order chi connectivity index (χ0) is 12.7. The standard InChI is InChI=1S/C14H22N2O/c1-11(9-15)7-8-14(17)16-10-13-6-4-3-5-12(13)2/h3-6,11H,7-10,15H2,1-2H3,(H,16,17). The molecule has 1 aromatic carbocycles. The lowest BCUT2D eigenvalue weighted by molar-refractivity contribution is -0.121. The van der Waals surface area contributed by atoms with Crippen molar-refractivity contribution in [2.75, 3.05) is 6.54 Å². The minimum atomic E-state index is 0.105. The number of carbonyl (C=O) groups excluding carboxylic acids is 1. The third-order valence-electron chi connectivity index (χ3n) is 3.00. The van der Waals surface area contributed by atoms with Gasteiger partial charge in [-0.25, -0.2) is 0 Å². The van der Waals surface area contributed by atoms with Gasteiger partial charge in [-0.15, -0.1) is 0 Å². The van der Waals surface area contributed by atoms with Crippen molar-refractivity contribution in [3.8, 4) is 0 Å². The molecule has 0 aliphatic heterocycles. The average Bonchev–Trinajstić information content (AvgIpc) is 2.35. The van der Waals surface area contributed by atoms with Gasteiger partial charge in [-0.1, -0.05) is 31.2 Å². The van der Waals surface area contributed by atoms with Gasteiger partial charge in [-0.05, 0) is 36.9 Å². The summed E-state index contributed by atoms with van der Waals surface area (Å²) in [6.07, 6.45) is 1.42. The summed E-state index contributed by atoms with van der Waals surface area (Å²) in [5.41, 5.74) is 7.90. The fourth-order valence-corrected chi connectivity index (χ4v) is 1.59. The van der Waals surface area contributed by atoms with Gasteiger partial charge in [0.2, 0.25) is 5.91 Å². The van der Waals surface area contributed by atoms with E-state index in [2.05, 4.69) is 25.2 Å². The van der Waals surface area contributed by atoms with E-state index in [0.29, 0.717) is 25.4 Å². The maximum absolute atomic E-state index is 11.6. The molecule has 94 valence electrons. The lowest BCUT2D eigenvalue weighted by Gasteiger charge is -2.10. The number of carbonyl (C=O) groups is 1. The van der Waals surface area contributed by atoms with E-state index in [1.165, 1.54) is 11.1 Å². The third kappa shape index (κ3) is 5.00. The second-order valence-electron chi connectivity index (χ2n) is 4.58. The molecule has 0 aromatic heterocycles. The van der Waals surface area contributed by atoms with Crippen molar-refractivity contribution in [2.45, 2.75) is 33.2 Å². The van der Waals surface area contributed by atoms with E-state index >= 15 is 0 Å². The Kier molecular flexibility index (Phi) is 5.70. The van der Waals surface area contributed by atoms with Crippen molar-refractivity contribution in [1.29, 1.82) is 0 Å². The molecule has 0 fully saturated rings. The molecule has 0 bridgehead atoms. The number of hydrogen-bond donors (Lipinski definition) is 2. The average molecular weight is 234 g/mol. The first-order chi connectivity index (χ1) is 8.13. The SMILES string of the molecule is Cc1ccccc1CNC(=O)CCC(C)CN. The van der Waals surface area contributed by atoms with Crippen LogP contribution in [-0.4, -0.2) is 12.5 Å². The van der Waals surface area contributed by atoms with Crippen LogP contribution in [0.25, 0.3) is 0 Å². The molecular weight excluding hydrogens is 212 g/mol. The van der Waals surface area contributed by atoms with Crippen molar-refractivity contribution in [3.05, 3.63) is 35.4 Å². The molecule has 1 rings (SSSR count). The van der Waals surface area contributed by atoms with Gasteiger partial charge in [0.25, 0.3) is 0 Å². The van der Waals surface area contributed by atoms with Crippen LogP contribution in [-0.2, 0) is 11.3 Å². The number of rotatable bonds is 6. The van der Waals surface area contributed by atoms with E-state index in [-0.39, 0.29) is 5.91 Å². The van der Waals surface area contributed by atoms with E-state index in [1.807, 2.05) is 18.2 Å². The molecule has 0 saturated carbocycles. The van der Waals surface area contributed by atoms with Gasteiger partial charge in [-0.3, -0.25) is 4.79 Å². The first kappa shape index (κ1) is 13.7. The Morgan fingerprint density at radius 3 is 2.76 bits per heavy atom. The van der Waals surface area contributed by atoms with Crippen LogP contribution in [0.4, 0.5) is 0 Å². The lowest BCUT2D eigenvalue weighted by Crippen LogP contribution is -2.24. The van der Waals surface area contributed by atoms with E-state index in [0.717, 1.165) is 6.42 Å². The molecule has 3 nitrogen and oxygen atoms in total. The molecule has 17 heavy (non-hydrogen) atoms. The number of benzene rings is 1. The van der Waals surface area contributed by atoms with Crippen LogP contribution in [0.1, 0.15) is 30.9 Å². The molecule has 3 N–H and O–H groups in total. The number of nitrogens with two attached hydrogens (primary N) is 1. The first-order valence-electron chi connectivity index (χ1n) is 6.14. The van der Waals surface area contributed by atoms with E-state index in [4.69, 9.17) is 5.73 Å². The van der Waals surface area contributed by atoms with Crippen molar-refractivity contribution in [2.24, 2.45) is 11.7 Å². The van der Waals surface area contributed by atoms with Crippen molar-refractivity contribution in [1.82, 2.24) is 5.32 Å². The highest BCUT2D eigenvalue weighted by Crippen LogP contribution is 2.07. The molecule has 3 heteroatoms. The smallest absolute Gasteiger partial charge is 0.220 e. The summed E-state index contributed by atoms with van der Waals surface area (Å²) in [5, 5.41) is 2.94. The lowest BCUT2D eigenvalue weighted by atomic mass is 10.1. The molecule has 1 aromatic rings. The minimum Gasteiger partial charge on any atom is -0.352 e. The molecule has 0 aliphatic rings. The normalized spacial score (nSPS) is 12.2. The highest BCUT2D eigenvalue weighted by atomic mass is 16.1. The Hall–Kier alpha value is -1.35. The highest BCUT2D eigenvalue weighted by Gasteiger charge is 2.05. The Labute approximate surface area is 103 Å². The molecular formula is C14H22N2O. The summed E-state index contributed by atoms with van der Waals surface area (Å²) >= 11 is 0. The van der Waals surface area contributed by atoms with Crippen molar-refractivity contribution >= 4 is 5.91 Å². The topological polar surface area (TPSA) is 55.1 Å². The van der Waals surface area contributed by atoms with Crippen LogP contribution in [0.15, 0.2) is 24.3 Å². The van der Waals surface area contributed by atoms with Gasteiger partial charge in [0, 0.05) is 13.0 Å². The fraction of sp³-hybridized carbons (Fsp3) is 0.500. The van der Waals surface area contributed by atoms with Crippen LogP contribution in [0, 0.1) is 12.8 Å². The molecule has 0 saturated heterocycles. The Morgan fingerprint density at radius 2 is 2.12 bits per heavy atom. The minimum absolute atomic E-state index is 0.105. The maximum Gasteiger partial charge on any atom is 0.220 e. The molecule has 0 heterocycles. The van der Waals surface area contributed by atoms with E-state index < -0.39 is 0 Å². The largest absolute Gasteiger partial charge is 0.352 e. The van der Waals surface area contributed by atoms with E-state index in [1.54, 1.807) is 0 Å². The third-order valence-corrected chi connectivity index (χ3v) is 3.00.